The van der Waals surface area contributed by atoms with E-state index >= 15 is 0 Å². The zero-order chi connectivity index (χ0) is 36.3. The van der Waals surface area contributed by atoms with Gasteiger partial charge in [0.1, 0.15) is 19.8 Å². The van der Waals surface area contributed by atoms with Crippen LogP contribution in [0, 0.1) is 0 Å². The lowest BCUT2D eigenvalue weighted by atomic mass is 10.0. The second kappa shape index (κ2) is 33.9. The number of unbranched alkanes of at least 4 members (excludes halogenated alkanes) is 21. The van der Waals surface area contributed by atoms with Gasteiger partial charge in [0.05, 0.1) is 34.0 Å². The van der Waals surface area contributed by atoms with Crippen molar-refractivity contribution in [1.82, 2.24) is 0 Å². The lowest BCUT2D eigenvalue weighted by Crippen LogP contribution is -2.37. The van der Waals surface area contributed by atoms with Crippen molar-refractivity contribution in [3.05, 3.63) is 24.5 Å². The smallest absolute Gasteiger partial charge is 0.306 e. The molecule has 0 aliphatic carbocycles. The van der Waals surface area contributed by atoms with E-state index in [1.807, 2.05) is 27.2 Å². The number of hydrogen-bond donors (Lipinski definition) is 0. The highest BCUT2D eigenvalue weighted by Gasteiger charge is 2.20. The van der Waals surface area contributed by atoms with Crippen molar-refractivity contribution < 1.29 is 37.3 Å². The molecule has 290 valence electrons. The van der Waals surface area contributed by atoms with Crippen LogP contribution >= 0.6 is 7.82 Å². The number of ether oxygens (including phenoxy) is 2. The number of quaternary nitrogens is 1. The van der Waals surface area contributed by atoms with Gasteiger partial charge in [-0.3, -0.25) is 9.36 Å². The van der Waals surface area contributed by atoms with E-state index in [1.165, 1.54) is 109 Å². The molecule has 0 saturated carbocycles. The highest BCUT2D eigenvalue weighted by molar-refractivity contribution is 7.45. The van der Waals surface area contributed by atoms with Gasteiger partial charge in [0.2, 0.25) is 0 Å². The van der Waals surface area contributed by atoms with Gasteiger partial charge in [-0.25, -0.2) is 0 Å². The maximum Gasteiger partial charge on any atom is 0.306 e. The van der Waals surface area contributed by atoms with Gasteiger partial charge in [-0.2, -0.15) is 0 Å². The number of nitrogens with zero attached hydrogens (tertiary/aromatic N) is 1. The van der Waals surface area contributed by atoms with Crippen molar-refractivity contribution in [2.45, 2.75) is 180 Å². The van der Waals surface area contributed by atoms with Crippen molar-refractivity contribution in [2.75, 3.05) is 47.5 Å². The fraction of sp³-hybridized carbons (Fsp3) is 0.875. The molecule has 49 heavy (non-hydrogen) atoms. The summed E-state index contributed by atoms with van der Waals surface area (Å²) in [6.45, 7) is 4.71. The van der Waals surface area contributed by atoms with E-state index in [0.717, 1.165) is 44.9 Å². The van der Waals surface area contributed by atoms with Crippen LogP contribution in [-0.2, 0) is 27.9 Å². The average molecular weight is 716 g/mol. The normalized spacial score (nSPS) is 14.1. The third kappa shape index (κ3) is 37.9. The summed E-state index contributed by atoms with van der Waals surface area (Å²) in [5.41, 5.74) is 0. The molecule has 0 radical (unpaired) electrons. The van der Waals surface area contributed by atoms with Crippen molar-refractivity contribution >= 4 is 13.8 Å². The first-order chi connectivity index (χ1) is 23.6. The van der Waals surface area contributed by atoms with Crippen LogP contribution in [0.3, 0.4) is 0 Å². The maximum atomic E-state index is 12.6. The summed E-state index contributed by atoms with van der Waals surface area (Å²) in [7, 11) is 1.32. The number of allylic oxidation sites excluding steroid dienone is 3. The number of rotatable bonds is 37. The van der Waals surface area contributed by atoms with Crippen LogP contribution in [0.25, 0.3) is 0 Å². The molecule has 8 nitrogen and oxygen atoms in total. The van der Waals surface area contributed by atoms with Gasteiger partial charge in [-0.1, -0.05) is 135 Å². The number of carbonyl (C=O) groups excluding carboxylic acids is 1. The van der Waals surface area contributed by atoms with E-state index in [9.17, 15) is 14.3 Å². The van der Waals surface area contributed by atoms with E-state index in [-0.39, 0.29) is 32.2 Å². The first kappa shape index (κ1) is 47.8. The number of esters is 1. The minimum absolute atomic E-state index is 0.0163. The van der Waals surface area contributed by atoms with Gasteiger partial charge in [0.25, 0.3) is 7.82 Å². The molecule has 0 aromatic rings. The van der Waals surface area contributed by atoms with Gasteiger partial charge in [-0.15, -0.1) is 0 Å². The first-order valence-corrected chi connectivity index (χ1v) is 21.6. The molecule has 0 N–H and O–H groups in total. The predicted octanol–water partition coefficient (Wildman–Crippen LogP) is 11.0. The molecular formula is C40H78NO7P. The molecular weight excluding hydrogens is 637 g/mol. The Hall–Kier alpha value is -1.18. The molecule has 1 unspecified atom stereocenters. The van der Waals surface area contributed by atoms with Crippen molar-refractivity contribution in [3.8, 4) is 0 Å². The monoisotopic (exact) mass is 716 g/mol. The topological polar surface area (TPSA) is 94.1 Å². The largest absolute Gasteiger partial charge is 0.756 e. The number of phosphoric acid groups is 1. The minimum atomic E-state index is -4.53. The summed E-state index contributed by atoms with van der Waals surface area (Å²) in [4.78, 5) is 24.9. The van der Waals surface area contributed by atoms with Gasteiger partial charge in [0, 0.05) is 6.42 Å². The molecule has 0 aromatic carbocycles. The highest BCUT2D eigenvalue weighted by Crippen LogP contribution is 2.38. The first-order valence-electron chi connectivity index (χ1n) is 20.1. The van der Waals surface area contributed by atoms with Gasteiger partial charge in [0.15, 0.2) is 6.10 Å². The second-order valence-electron chi connectivity index (χ2n) is 14.7. The summed E-state index contributed by atoms with van der Waals surface area (Å²) in [6, 6.07) is 0. The quantitative estimate of drug-likeness (QED) is 0.0158. The van der Waals surface area contributed by atoms with Crippen molar-refractivity contribution in [1.29, 1.82) is 0 Å². The van der Waals surface area contributed by atoms with Gasteiger partial charge >= 0.3 is 5.97 Å². The highest BCUT2D eigenvalue weighted by atomic mass is 31.2. The third-order valence-electron chi connectivity index (χ3n) is 8.57. The van der Waals surface area contributed by atoms with Gasteiger partial charge < -0.3 is 27.9 Å². The molecule has 0 aliphatic rings. The fourth-order valence-electron chi connectivity index (χ4n) is 5.39. The van der Waals surface area contributed by atoms with Crippen LogP contribution in [0.15, 0.2) is 24.5 Å². The second-order valence-corrected chi connectivity index (χ2v) is 16.1. The molecule has 9 heteroatoms. The standard InChI is InChI=1S/C40H78NO7P/c1-6-8-10-12-14-16-18-20-22-24-26-28-30-32-35-45-37-39(38-47-49(43,44)46-36-34-41(3,4)5)48-40(42)33-31-29-27-25-23-21-19-17-15-13-11-9-7-2/h17,19,32,35,39H,6-16,18,20-31,33-34,36-38H2,1-5H3/b19-17+,35-32+/t39-/m1/s1. The van der Waals surface area contributed by atoms with E-state index in [4.69, 9.17) is 18.5 Å². The molecule has 2 atom stereocenters. The molecule has 0 amide bonds. The molecule has 0 spiro atoms. The Bertz CT molecular complexity index is 843. The molecule has 0 rings (SSSR count). The van der Waals surface area contributed by atoms with Crippen LogP contribution in [0.1, 0.15) is 174 Å². The van der Waals surface area contributed by atoms with Crippen LogP contribution < -0.4 is 4.89 Å². The number of hydrogen-bond acceptors (Lipinski definition) is 7. The minimum Gasteiger partial charge on any atom is -0.756 e. The molecule has 0 aromatic heterocycles. The summed E-state index contributed by atoms with van der Waals surface area (Å²) < 4.78 is 34.2. The van der Waals surface area contributed by atoms with E-state index in [0.29, 0.717) is 11.0 Å². The summed E-state index contributed by atoms with van der Waals surface area (Å²) in [5, 5.41) is 0. The molecule has 0 fully saturated rings. The number of carbonyl (C=O) groups is 1. The third-order valence-corrected chi connectivity index (χ3v) is 9.53. The van der Waals surface area contributed by atoms with E-state index in [1.54, 1.807) is 6.26 Å². The number of phosphoric ester groups is 1. The molecule has 0 saturated heterocycles. The lowest BCUT2D eigenvalue weighted by molar-refractivity contribution is -0.870. The summed E-state index contributed by atoms with van der Waals surface area (Å²) in [5.74, 6) is -0.365. The Kier molecular flexibility index (Phi) is 33.1. The van der Waals surface area contributed by atoms with E-state index in [2.05, 4.69) is 26.0 Å². The Morgan fingerprint density at radius 2 is 1.08 bits per heavy atom. The Labute approximate surface area is 303 Å². The fourth-order valence-corrected chi connectivity index (χ4v) is 6.12. The predicted molar refractivity (Wildman–Crippen MR) is 203 cm³/mol. The average Bonchev–Trinajstić information content (AvgIpc) is 3.04. The summed E-state index contributed by atoms with van der Waals surface area (Å²) in [6.07, 6.45) is 37.0. The lowest BCUT2D eigenvalue weighted by Gasteiger charge is -2.28. The number of likely N-dealkylation sites (N-methyl/N-ethyl adjacent to an activating group) is 1. The van der Waals surface area contributed by atoms with Crippen molar-refractivity contribution in [2.24, 2.45) is 0 Å². The Balaban J connectivity index is 4.35. The van der Waals surface area contributed by atoms with E-state index < -0.39 is 13.9 Å². The zero-order valence-electron chi connectivity index (χ0n) is 32.6. The maximum absolute atomic E-state index is 12.6. The van der Waals surface area contributed by atoms with Crippen LogP contribution in [0.4, 0.5) is 0 Å². The van der Waals surface area contributed by atoms with Gasteiger partial charge in [-0.05, 0) is 51.0 Å². The van der Waals surface area contributed by atoms with Crippen LogP contribution in [0.2, 0.25) is 0 Å². The Morgan fingerprint density at radius 1 is 0.633 bits per heavy atom. The van der Waals surface area contributed by atoms with Crippen LogP contribution in [-0.4, -0.2) is 64.1 Å². The Morgan fingerprint density at radius 3 is 1.59 bits per heavy atom. The summed E-state index contributed by atoms with van der Waals surface area (Å²) >= 11 is 0. The molecule has 0 aliphatic heterocycles. The SMILES string of the molecule is CCCCCC/C=C/CCCCCCCC(=O)O[C@H](CO/C=C/CCCCCCCCCCCCCC)COP(=O)([O-])OCC[N+](C)(C)C. The van der Waals surface area contributed by atoms with Crippen molar-refractivity contribution in [3.63, 3.8) is 0 Å². The molecule has 0 bridgehead atoms. The zero-order valence-corrected chi connectivity index (χ0v) is 33.5. The van der Waals surface area contributed by atoms with Crippen LogP contribution in [0.5, 0.6) is 0 Å². The molecule has 0 heterocycles.